The predicted molar refractivity (Wildman–Crippen MR) is 101 cm³/mol. The molecule has 1 atom stereocenters. The van der Waals surface area contributed by atoms with Crippen LogP contribution in [-0.4, -0.2) is 25.7 Å². The number of sulfonamides is 1. The van der Waals surface area contributed by atoms with Gasteiger partial charge in [0, 0.05) is 0 Å². The summed E-state index contributed by atoms with van der Waals surface area (Å²) >= 11 is 0. The fourth-order valence-electron chi connectivity index (χ4n) is 3.13. The summed E-state index contributed by atoms with van der Waals surface area (Å²) in [5, 5.41) is 0. The smallest absolute Gasteiger partial charge is 0.466 e. The first-order chi connectivity index (χ1) is 12.4. The average Bonchev–Trinajstić information content (AvgIpc) is 2.98. The molecule has 1 fully saturated rings. The minimum Gasteiger partial charge on any atom is -0.518 e. The Balaban J connectivity index is 2.06. The first-order valence-electron chi connectivity index (χ1n) is 8.81. The second kappa shape index (κ2) is 7.64. The summed E-state index contributed by atoms with van der Waals surface area (Å²) in [6.07, 6.45) is 2.15. The maximum Gasteiger partial charge on any atom is 0.466 e. The van der Waals surface area contributed by atoms with E-state index in [1.807, 2.05) is 19.9 Å². The van der Waals surface area contributed by atoms with Crippen molar-refractivity contribution in [3.05, 3.63) is 65.7 Å². The minimum atomic E-state index is -3.88. The van der Waals surface area contributed by atoms with E-state index in [0.717, 1.165) is 18.4 Å². The minimum absolute atomic E-state index is 0.170. The summed E-state index contributed by atoms with van der Waals surface area (Å²) in [7, 11) is -4.66. The standard InChI is InChI=1S/C19H22BNO4S/c1-3-4-14-20-21(26(23,24)17-12-10-15(2)11-13-17)18(19(22)25-20)16-8-6-5-7-9-16/h5-13,18H,3-4,14H2,1-2H3/t18-/m0/s1. The monoisotopic (exact) mass is 371 g/mol. The van der Waals surface area contributed by atoms with Crippen molar-refractivity contribution in [1.29, 1.82) is 0 Å². The van der Waals surface area contributed by atoms with E-state index in [1.54, 1.807) is 48.5 Å². The summed E-state index contributed by atoms with van der Waals surface area (Å²) in [6, 6.07) is 14.6. The lowest BCUT2D eigenvalue weighted by atomic mass is 9.77. The molecule has 0 unspecified atom stereocenters. The van der Waals surface area contributed by atoms with E-state index < -0.39 is 29.1 Å². The number of hydrogen-bond acceptors (Lipinski definition) is 4. The van der Waals surface area contributed by atoms with Crippen molar-refractivity contribution in [2.24, 2.45) is 0 Å². The van der Waals surface area contributed by atoms with Gasteiger partial charge in [0.2, 0.25) is 10.0 Å². The van der Waals surface area contributed by atoms with Crippen LogP contribution < -0.4 is 0 Å². The highest BCUT2D eigenvalue weighted by Gasteiger charge is 2.52. The molecule has 1 aliphatic rings. The van der Waals surface area contributed by atoms with Crippen LogP contribution in [-0.2, 0) is 19.5 Å². The normalized spacial score (nSPS) is 18.2. The van der Waals surface area contributed by atoms with Crippen molar-refractivity contribution < 1.29 is 17.9 Å². The van der Waals surface area contributed by atoms with E-state index in [4.69, 9.17) is 4.65 Å². The summed E-state index contributed by atoms with van der Waals surface area (Å²) in [5.41, 5.74) is 1.59. The summed E-state index contributed by atoms with van der Waals surface area (Å²) in [4.78, 5) is 12.7. The van der Waals surface area contributed by atoms with Crippen LogP contribution in [0.2, 0.25) is 6.32 Å². The molecular formula is C19H22BNO4S. The number of nitrogens with zero attached hydrogens (tertiary/aromatic N) is 1. The zero-order chi connectivity index (χ0) is 18.7. The molecule has 0 spiro atoms. The molecule has 0 amide bonds. The molecule has 2 aromatic carbocycles. The third-order valence-corrected chi connectivity index (χ3v) is 6.40. The number of aryl methyl sites for hydroxylation is 1. The Morgan fingerprint density at radius 1 is 1.08 bits per heavy atom. The molecule has 2 aromatic rings. The lowest BCUT2D eigenvalue weighted by Crippen LogP contribution is -2.41. The fourth-order valence-corrected chi connectivity index (χ4v) is 4.80. The third-order valence-electron chi connectivity index (χ3n) is 4.53. The number of rotatable bonds is 6. The fraction of sp³-hybridized carbons (Fsp3) is 0.316. The van der Waals surface area contributed by atoms with Crippen molar-refractivity contribution >= 4 is 23.0 Å². The number of hydrogen-bond donors (Lipinski definition) is 0. The topological polar surface area (TPSA) is 63.7 Å². The Kier molecular flexibility index (Phi) is 5.48. The average molecular weight is 371 g/mol. The zero-order valence-corrected chi connectivity index (χ0v) is 15.8. The van der Waals surface area contributed by atoms with Crippen LogP contribution >= 0.6 is 0 Å². The summed E-state index contributed by atoms with van der Waals surface area (Å²) < 4.78 is 33.4. The molecule has 0 radical (unpaired) electrons. The molecular weight excluding hydrogens is 349 g/mol. The van der Waals surface area contributed by atoms with Crippen molar-refractivity contribution in [2.45, 2.75) is 43.9 Å². The molecule has 3 rings (SSSR count). The quantitative estimate of drug-likeness (QED) is 0.729. The first kappa shape index (κ1) is 18.7. The van der Waals surface area contributed by atoms with Crippen molar-refractivity contribution in [2.75, 3.05) is 0 Å². The Labute approximate surface area is 155 Å². The van der Waals surface area contributed by atoms with E-state index in [1.165, 1.54) is 4.22 Å². The Bertz CT molecular complexity index is 868. The van der Waals surface area contributed by atoms with Gasteiger partial charge in [-0.15, -0.1) is 0 Å². The molecule has 0 aliphatic carbocycles. The molecule has 1 saturated heterocycles. The van der Waals surface area contributed by atoms with Gasteiger partial charge in [0.1, 0.15) is 6.04 Å². The summed E-state index contributed by atoms with van der Waals surface area (Å²) in [6.45, 7) is 3.92. The van der Waals surface area contributed by atoms with Crippen LogP contribution in [0.15, 0.2) is 59.5 Å². The van der Waals surface area contributed by atoms with Crippen LogP contribution in [0.3, 0.4) is 0 Å². The SMILES string of the molecule is CCCCB1OC(=O)[C@H](c2ccccc2)N1S(=O)(=O)c1ccc(C)cc1. The lowest BCUT2D eigenvalue weighted by Gasteiger charge is -2.24. The zero-order valence-electron chi connectivity index (χ0n) is 15.0. The Morgan fingerprint density at radius 3 is 2.35 bits per heavy atom. The number of carbonyl (C=O) groups excluding carboxylic acids is 1. The number of benzene rings is 2. The van der Waals surface area contributed by atoms with Gasteiger partial charge in [0.25, 0.3) is 0 Å². The molecule has 7 heteroatoms. The largest absolute Gasteiger partial charge is 0.518 e. The molecule has 0 N–H and O–H groups in total. The van der Waals surface area contributed by atoms with Gasteiger partial charge in [-0.3, -0.25) is 4.79 Å². The van der Waals surface area contributed by atoms with Gasteiger partial charge in [0.05, 0.1) is 4.90 Å². The van der Waals surface area contributed by atoms with Gasteiger partial charge in [-0.1, -0.05) is 67.8 Å². The highest BCUT2D eigenvalue weighted by Crippen LogP contribution is 2.36. The van der Waals surface area contributed by atoms with Crippen molar-refractivity contribution in [1.82, 2.24) is 4.22 Å². The van der Waals surface area contributed by atoms with Crippen molar-refractivity contribution in [3.8, 4) is 0 Å². The van der Waals surface area contributed by atoms with E-state index in [2.05, 4.69) is 0 Å². The molecule has 0 saturated carbocycles. The van der Waals surface area contributed by atoms with Crippen LogP contribution in [0, 0.1) is 6.92 Å². The van der Waals surface area contributed by atoms with Crippen LogP contribution in [0.1, 0.15) is 36.9 Å². The van der Waals surface area contributed by atoms with Crippen LogP contribution in [0.25, 0.3) is 0 Å². The molecule has 136 valence electrons. The second-order valence-corrected chi connectivity index (χ2v) is 8.34. The molecule has 0 bridgehead atoms. The van der Waals surface area contributed by atoms with Crippen LogP contribution in [0.4, 0.5) is 0 Å². The highest BCUT2D eigenvalue weighted by molar-refractivity contribution is 7.90. The van der Waals surface area contributed by atoms with Gasteiger partial charge < -0.3 is 4.65 Å². The van der Waals surface area contributed by atoms with Gasteiger partial charge in [0.15, 0.2) is 0 Å². The predicted octanol–water partition coefficient (Wildman–Crippen LogP) is 3.57. The van der Waals surface area contributed by atoms with Crippen molar-refractivity contribution in [3.63, 3.8) is 0 Å². The van der Waals surface area contributed by atoms with Crippen LogP contribution in [0.5, 0.6) is 0 Å². The van der Waals surface area contributed by atoms with E-state index in [-0.39, 0.29) is 4.90 Å². The van der Waals surface area contributed by atoms with Gasteiger partial charge in [-0.2, -0.15) is 4.22 Å². The molecule has 1 heterocycles. The molecule has 26 heavy (non-hydrogen) atoms. The first-order valence-corrected chi connectivity index (χ1v) is 10.2. The van der Waals surface area contributed by atoms with E-state index in [9.17, 15) is 13.2 Å². The molecule has 0 aromatic heterocycles. The van der Waals surface area contributed by atoms with E-state index >= 15 is 0 Å². The summed E-state index contributed by atoms with van der Waals surface area (Å²) in [5.74, 6) is -0.520. The second-order valence-electron chi connectivity index (χ2n) is 6.49. The van der Waals surface area contributed by atoms with E-state index in [0.29, 0.717) is 11.9 Å². The van der Waals surface area contributed by atoms with Gasteiger partial charge >= 0.3 is 13.0 Å². The highest BCUT2D eigenvalue weighted by atomic mass is 32.2. The Hall–Kier alpha value is -2.12. The molecule has 1 aliphatic heterocycles. The Morgan fingerprint density at radius 2 is 1.73 bits per heavy atom. The maximum absolute atomic E-state index is 13.3. The number of carbonyl (C=O) groups is 1. The third kappa shape index (κ3) is 3.55. The maximum atomic E-state index is 13.3. The molecule has 5 nitrogen and oxygen atoms in total. The lowest BCUT2D eigenvalue weighted by molar-refractivity contribution is -0.134. The van der Waals surface area contributed by atoms with Gasteiger partial charge in [-0.05, 0) is 30.9 Å². The number of unbranched alkanes of at least 4 members (excludes halogenated alkanes) is 1. The van der Waals surface area contributed by atoms with Gasteiger partial charge in [-0.25, -0.2) is 8.42 Å².